The third-order valence-corrected chi connectivity index (χ3v) is 3.47. The van der Waals surface area contributed by atoms with E-state index in [1.165, 1.54) is 0 Å². The van der Waals surface area contributed by atoms with Crippen molar-refractivity contribution in [3.05, 3.63) is 62.5 Å². The molecule has 0 aliphatic rings. The molecule has 0 fully saturated rings. The van der Waals surface area contributed by atoms with E-state index in [-0.39, 0.29) is 5.78 Å². The van der Waals surface area contributed by atoms with Crippen LogP contribution in [0.2, 0.25) is 0 Å². The second-order valence-corrected chi connectivity index (χ2v) is 5.35. The topological polar surface area (TPSA) is 43.1 Å². The third kappa shape index (κ3) is 2.76. The highest BCUT2D eigenvalue weighted by molar-refractivity contribution is 9.10. The second-order valence-electron chi connectivity index (χ2n) is 3.58. The highest BCUT2D eigenvalue weighted by Gasteiger charge is 2.12. The standard InChI is InChI=1S/C13H9Br2NO/c14-9-3-1-2-8(6-9)13(17)11-5-4-10(16)7-12(11)15/h1-7H,16H2. The van der Waals surface area contributed by atoms with Crippen LogP contribution in [0.3, 0.4) is 0 Å². The van der Waals surface area contributed by atoms with Gasteiger partial charge in [-0.1, -0.05) is 28.1 Å². The smallest absolute Gasteiger partial charge is 0.194 e. The first-order valence-electron chi connectivity index (χ1n) is 4.93. The number of hydrogen-bond acceptors (Lipinski definition) is 2. The van der Waals surface area contributed by atoms with Gasteiger partial charge < -0.3 is 5.73 Å². The van der Waals surface area contributed by atoms with Crippen molar-refractivity contribution in [3.8, 4) is 0 Å². The molecule has 0 unspecified atom stereocenters. The van der Waals surface area contributed by atoms with E-state index < -0.39 is 0 Å². The van der Waals surface area contributed by atoms with Crippen molar-refractivity contribution in [2.75, 3.05) is 5.73 Å². The molecule has 0 aliphatic carbocycles. The lowest BCUT2D eigenvalue weighted by Crippen LogP contribution is -2.02. The molecule has 86 valence electrons. The molecule has 17 heavy (non-hydrogen) atoms. The van der Waals surface area contributed by atoms with Gasteiger partial charge in [-0.05, 0) is 46.3 Å². The molecular weight excluding hydrogens is 346 g/mol. The Hall–Kier alpha value is -1.13. The van der Waals surface area contributed by atoms with Gasteiger partial charge in [0.2, 0.25) is 0 Å². The Labute approximate surface area is 116 Å². The summed E-state index contributed by atoms with van der Waals surface area (Å²) in [5.41, 5.74) is 7.52. The Balaban J connectivity index is 2.44. The van der Waals surface area contributed by atoms with Crippen LogP contribution < -0.4 is 5.73 Å². The van der Waals surface area contributed by atoms with E-state index in [9.17, 15) is 4.79 Å². The quantitative estimate of drug-likeness (QED) is 0.653. The monoisotopic (exact) mass is 353 g/mol. The summed E-state index contributed by atoms with van der Waals surface area (Å²) in [6.07, 6.45) is 0. The first-order chi connectivity index (χ1) is 8.08. The largest absolute Gasteiger partial charge is 0.399 e. The molecule has 2 nitrogen and oxygen atoms in total. The normalized spacial score (nSPS) is 10.2. The van der Waals surface area contributed by atoms with Crippen LogP contribution in [-0.2, 0) is 0 Å². The number of rotatable bonds is 2. The Morgan fingerprint density at radius 1 is 1.06 bits per heavy atom. The predicted octanol–water partition coefficient (Wildman–Crippen LogP) is 4.02. The molecule has 0 bridgehead atoms. The van der Waals surface area contributed by atoms with Gasteiger partial charge in [-0.25, -0.2) is 0 Å². The maximum absolute atomic E-state index is 12.2. The maximum atomic E-state index is 12.2. The minimum absolute atomic E-state index is 0.0295. The van der Waals surface area contributed by atoms with E-state index in [4.69, 9.17) is 5.73 Å². The van der Waals surface area contributed by atoms with E-state index in [0.717, 1.165) is 4.47 Å². The van der Waals surface area contributed by atoms with Crippen LogP contribution in [0.5, 0.6) is 0 Å². The number of hydrogen-bond donors (Lipinski definition) is 1. The van der Waals surface area contributed by atoms with Crippen LogP contribution >= 0.6 is 31.9 Å². The summed E-state index contributed by atoms with van der Waals surface area (Å²) in [4.78, 5) is 12.2. The van der Waals surface area contributed by atoms with Gasteiger partial charge in [-0.3, -0.25) is 4.79 Å². The lowest BCUT2D eigenvalue weighted by Gasteiger charge is -2.05. The first-order valence-corrected chi connectivity index (χ1v) is 6.52. The average Bonchev–Trinajstić information content (AvgIpc) is 2.28. The van der Waals surface area contributed by atoms with Crippen LogP contribution in [0.4, 0.5) is 5.69 Å². The molecule has 0 spiro atoms. The zero-order valence-corrected chi connectivity index (χ0v) is 12.0. The average molecular weight is 355 g/mol. The van der Waals surface area contributed by atoms with Gasteiger partial charge in [0, 0.05) is 25.8 Å². The summed E-state index contributed by atoms with van der Waals surface area (Å²) in [6.45, 7) is 0. The summed E-state index contributed by atoms with van der Waals surface area (Å²) >= 11 is 6.70. The fourth-order valence-electron chi connectivity index (χ4n) is 1.50. The lowest BCUT2D eigenvalue weighted by molar-refractivity contribution is 0.103. The predicted molar refractivity (Wildman–Crippen MR) is 76.1 cm³/mol. The zero-order chi connectivity index (χ0) is 12.4. The van der Waals surface area contributed by atoms with Gasteiger partial charge in [0.1, 0.15) is 0 Å². The number of nitrogens with two attached hydrogens (primary N) is 1. The molecule has 0 heterocycles. The molecule has 0 amide bonds. The summed E-state index contributed by atoms with van der Waals surface area (Å²) in [5, 5.41) is 0. The Morgan fingerprint density at radius 2 is 1.82 bits per heavy atom. The minimum atomic E-state index is -0.0295. The van der Waals surface area contributed by atoms with Crippen molar-refractivity contribution in [2.45, 2.75) is 0 Å². The highest BCUT2D eigenvalue weighted by Crippen LogP contribution is 2.23. The molecule has 0 aliphatic heterocycles. The van der Waals surface area contributed by atoms with Crippen LogP contribution in [0, 0.1) is 0 Å². The molecule has 0 saturated heterocycles. The number of halogens is 2. The molecule has 2 N–H and O–H groups in total. The molecule has 2 rings (SSSR count). The molecule has 0 atom stereocenters. The van der Waals surface area contributed by atoms with Crippen molar-refractivity contribution in [1.29, 1.82) is 0 Å². The van der Waals surface area contributed by atoms with E-state index in [2.05, 4.69) is 31.9 Å². The fraction of sp³-hybridized carbons (Fsp3) is 0. The van der Waals surface area contributed by atoms with Gasteiger partial charge in [-0.15, -0.1) is 0 Å². The van der Waals surface area contributed by atoms with Crippen LogP contribution in [-0.4, -0.2) is 5.78 Å². The molecule has 0 radical (unpaired) electrons. The van der Waals surface area contributed by atoms with Crippen molar-refractivity contribution >= 4 is 43.3 Å². The Morgan fingerprint density at radius 3 is 2.47 bits per heavy atom. The first kappa shape index (κ1) is 12.3. The van der Waals surface area contributed by atoms with Crippen molar-refractivity contribution in [2.24, 2.45) is 0 Å². The maximum Gasteiger partial charge on any atom is 0.194 e. The van der Waals surface area contributed by atoms with Gasteiger partial charge in [0.15, 0.2) is 5.78 Å². The number of nitrogen functional groups attached to an aromatic ring is 1. The molecular formula is C13H9Br2NO. The Kier molecular flexibility index (Phi) is 3.64. The van der Waals surface area contributed by atoms with Crippen molar-refractivity contribution in [3.63, 3.8) is 0 Å². The summed E-state index contributed by atoms with van der Waals surface area (Å²) in [7, 11) is 0. The second kappa shape index (κ2) is 5.02. The molecule has 4 heteroatoms. The van der Waals surface area contributed by atoms with E-state index in [1.807, 2.05) is 12.1 Å². The van der Waals surface area contributed by atoms with E-state index in [0.29, 0.717) is 21.3 Å². The SMILES string of the molecule is Nc1ccc(C(=O)c2cccc(Br)c2)c(Br)c1. The summed E-state index contributed by atoms with van der Waals surface area (Å²) in [6, 6.07) is 12.5. The summed E-state index contributed by atoms with van der Waals surface area (Å²) in [5.74, 6) is -0.0295. The van der Waals surface area contributed by atoms with Crippen molar-refractivity contribution < 1.29 is 4.79 Å². The molecule has 0 saturated carbocycles. The van der Waals surface area contributed by atoms with Crippen LogP contribution in [0.25, 0.3) is 0 Å². The number of carbonyl (C=O) groups excluding carboxylic acids is 1. The third-order valence-electron chi connectivity index (χ3n) is 2.32. The number of ketones is 1. The Bertz CT molecular complexity index is 581. The van der Waals surface area contributed by atoms with Crippen molar-refractivity contribution in [1.82, 2.24) is 0 Å². The lowest BCUT2D eigenvalue weighted by atomic mass is 10.0. The zero-order valence-electron chi connectivity index (χ0n) is 8.78. The minimum Gasteiger partial charge on any atom is -0.399 e. The number of carbonyl (C=O) groups is 1. The molecule has 0 aromatic heterocycles. The molecule has 2 aromatic rings. The highest BCUT2D eigenvalue weighted by atomic mass is 79.9. The van der Waals surface area contributed by atoms with Crippen LogP contribution in [0.1, 0.15) is 15.9 Å². The fourth-order valence-corrected chi connectivity index (χ4v) is 2.48. The number of anilines is 1. The van der Waals surface area contributed by atoms with E-state index >= 15 is 0 Å². The van der Waals surface area contributed by atoms with Gasteiger partial charge in [0.25, 0.3) is 0 Å². The summed E-state index contributed by atoms with van der Waals surface area (Å²) < 4.78 is 1.59. The van der Waals surface area contributed by atoms with Gasteiger partial charge in [0.05, 0.1) is 0 Å². The van der Waals surface area contributed by atoms with Gasteiger partial charge >= 0.3 is 0 Å². The number of benzene rings is 2. The van der Waals surface area contributed by atoms with Gasteiger partial charge in [-0.2, -0.15) is 0 Å². The molecule has 2 aromatic carbocycles. The van der Waals surface area contributed by atoms with E-state index in [1.54, 1.807) is 30.3 Å². The van der Waals surface area contributed by atoms with Crippen LogP contribution in [0.15, 0.2) is 51.4 Å².